The number of phenolic OH excluding ortho intramolecular Hbond substituents is 1. The molecule has 0 saturated heterocycles. The number of nitrogens with one attached hydrogen (secondary N) is 2. The van der Waals surface area contributed by atoms with Crippen molar-refractivity contribution in [2.75, 3.05) is 26.0 Å². The standard InChI is InChI=1S/C22H31N5O2S2/c1-14-10-11-17(30-14)19(22(2,3)4)24-21-20(25-31(29)26-21)23-16-9-7-8-15(18(16)28)12-13-27(5)6/h7-11,19,28H,12-13H2,1-6H3,(H,23,25)(H,24,26)/t19-,31?/m0/s1. The van der Waals surface area contributed by atoms with E-state index in [2.05, 4.69) is 64.2 Å². The maximum atomic E-state index is 12.1. The Bertz CT molecular complexity index is 1020. The minimum Gasteiger partial charge on any atom is -0.505 e. The van der Waals surface area contributed by atoms with Crippen molar-refractivity contribution in [2.45, 2.75) is 40.2 Å². The molecule has 0 radical (unpaired) electrons. The van der Waals surface area contributed by atoms with E-state index in [9.17, 15) is 9.32 Å². The van der Waals surface area contributed by atoms with Crippen molar-refractivity contribution in [3.63, 3.8) is 0 Å². The molecular formula is C22H31N5O2S2. The third kappa shape index (κ3) is 5.93. The average molecular weight is 462 g/mol. The average Bonchev–Trinajstić information content (AvgIpc) is 3.24. The van der Waals surface area contributed by atoms with E-state index in [0.29, 0.717) is 17.4 Å². The van der Waals surface area contributed by atoms with Gasteiger partial charge >= 0.3 is 0 Å². The van der Waals surface area contributed by atoms with Gasteiger partial charge < -0.3 is 20.6 Å². The third-order valence-electron chi connectivity index (χ3n) is 4.96. The highest BCUT2D eigenvalue weighted by molar-refractivity contribution is 7.83. The Morgan fingerprint density at radius 3 is 2.48 bits per heavy atom. The van der Waals surface area contributed by atoms with Crippen molar-refractivity contribution in [2.24, 2.45) is 14.2 Å². The Labute approximate surface area is 191 Å². The van der Waals surface area contributed by atoms with Crippen molar-refractivity contribution >= 4 is 39.9 Å². The van der Waals surface area contributed by atoms with Gasteiger partial charge in [-0.2, -0.15) is 0 Å². The minimum atomic E-state index is -1.71. The summed E-state index contributed by atoms with van der Waals surface area (Å²) in [5.41, 5.74) is 1.25. The highest BCUT2D eigenvalue weighted by Gasteiger charge is 2.31. The first-order chi connectivity index (χ1) is 14.5. The van der Waals surface area contributed by atoms with E-state index in [1.165, 1.54) is 9.75 Å². The van der Waals surface area contributed by atoms with Crippen molar-refractivity contribution in [3.8, 4) is 5.75 Å². The van der Waals surface area contributed by atoms with E-state index in [0.717, 1.165) is 18.5 Å². The lowest BCUT2D eigenvalue weighted by Crippen LogP contribution is -2.41. The number of aromatic hydroxyl groups is 1. The molecule has 9 heteroatoms. The maximum Gasteiger partial charge on any atom is 0.269 e. The second-order valence-electron chi connectivity index (χ2n) is 8.99. The number of nitrogens with zero attached hydrogens (tertiary/aromatic N) is 3. The first-order valence-corrected chi connectivity index (χ1v) is 12.1. The number of hydrogen-bond donors (Lipinski definition) is 3. The first-order valence-electron chi connectivity index (χ1n) is 10.2. The van der Waals surface area contributed by atoms with E-state index in [-0.39, 0.29) is 17.2 Å². The van der Waals surface area contributed by atoms with Crippen LogP contribution in [0.4, 0.5) is 5.69 Å². The lowest BCUT2D eigenvalue weighted by molar-refractivity contribution is 0.307. The van der Waals surface area contributed by atoms with E-state index in [4.69, 9.17) is 0 Å². The molecule has 2 heterocycles. The second-order valence-corrected chi connectivity index (χ2v) is 11.1. The van der Waals surface area contributed by atoms with Crippen LogP contribution in [0.25, 0.3) is 0 Å². The number of aryl methyl sites for hydroxylation is 1. The third-order valence-corrected chi connectivity index (χ3v) is 6.70. The number of rotatable bonds is 6. The summed E-state index contributed by atoms with van der Waals surface area (Å²) < 4.78 is 20.5. The molecule has 7 nitrogen and oxygen atoms in total. The van der Waals surface area contributed by atoms with Gasteiger partial charge in [-0.25, -0.2) is 4.21 Å². The molecule has 0 aliphatic carbocycles. The van der Waals surface area contributed by atoms with E-state index in [1.807, 2.05) is 26.2 Å². The highest BCUT2D eigenvalue weighted by atomic mass is 32.2. The Hall–Kier alpha value is -2.23. The van der Waals surface area contributed by atoms with Gasteiger partial charge in [0.1, 0.15) is 5.75 Å². The van der Waals surface area contributed by atoms with Crippen LogP contribution in [-0.4, -0.2) is 46.5 Å². The number of para-hydroxylation sites is 1. The van der Waals surface area contributed by atoms with Crippen LogP contribution >= 0.6 is 11.3 Å². The van der Waals surface area contributed by atoms with Crippen molar-refractivity contribution in [1.29, 1.82) is 0 Å². The highest BCUT2D eigenvalue weighted by Crippen LogP contribution is 2.37. The number of amidine groups is 2. The smallest absolute Gasteiger partial charge is 0.269 e. The monoisotopic (exact) mass is 461 g/mol. The molecule has 0 bridgehead atoms. The molecule has 1 aliphatic heterocycles. The molecule has 1 aromatic carbocycles. The van der Waals surface area contributed by atoms with Gasteiger partial charge in [0.05, 0.1) is 11.7 Å². The zero-order valence-corrected chi connectivity index (χ0v) is 20.5. The van der Waals surface area contributed by atoms with Crippen molar-refractivity contribution < 1.29 is 9.32 Å². The van der Waals surface area contributed by atoms with Crippen LogP contribution in [0.2, 0.25) is 0 Å². The molecule has 0 spiro atoms. The normalized spacial score (nSPS) is 17.5. The summed E-state index contributed by atoms with van der Waals surface area (Å²) in [5, 5.41) is 17.3. The fourth-order valence-electron chi connectivity index (χ4n) is 3.27. The number of benzene rings is 1. The van der Waals surface area contributed by atoms with Gasteiger partial charge in [0.2, 0.25) is 0 Å². The lowest BCUT2D eigenvalue weighted by atomic mass is 9.85. The molecule has 2 aromatic rings. The summed E-state index contributed by atoms with van der Waals surface area (Å²) in [5.74, 6) is 0.966. The number of phenols is 1. The van der Waals surface area contributed by atoms with Gasteiger partial charge in [-0.3, -0.25) is 0 Å². The Morgan fingerprint density at radius 1 is 1.16 bits per heavy atom. The summed E-state index contributed by atoms with van der Waals surface area (Å²) in [4.78, 5) is 4.48. The van der Waals surface area contributed by atoms with Gasteiger partial charge in [0, 0.05) is 16.3 Å². The predicted octanol–water partition coefficient (Wildman–Crippen LogP) is 4.04. The quantitative estimate of drug-likeness (QED) is 0.565. The van der Waals surface area contributed by atoms with Gasteiger partial charge in [0.25, 0.3) is 11.2 Å². The summed E-state index contributed by atoms with van der Waals surface area (Å²) in [6.07, 6.45) is 0.718. The predicted molar refractivity (Wildman–Crippen MR) is 131 cm³/mol. The van der Waals surface area contributed by atoms with Crippen LogP contribution in [0.15, 0.2) is 39.1 Å². The number of thiophene rings is 1. The van der Waals surface area contributed by atoms with E-state index >= 15 is 0 Å². The first kappa shape index (κ1) is 23.4. The molecule has 2 atom stereocenters. The Balaban J connectivity index is 1.83. The Kier molecular flexibility index (Phi) is 7.18. The topological polar surface area (TPSA) is 89.3 Å². The van der Waals surface area contributed by atoms with Crippen LogP contribution in [0.3, 0.4) is 0 Å². The van der Waals surface area contributed by atoms with Crippen molar-refractivity contribution in [1.82, 2.24) is 10.2 Å². The molecule has 0 saturated carbocycles. The molecule has 1 unspecified atom stereocenters. The maximum absolute atomic E-state index is 12.1. The van der Waals surface area contributed by atoms with Crippen LogP contribution < -0.4 is 10.6 Å². The zero-order chi connectivity index (χ0) is 22.8. The summed E-state index contributed by atoms with van der Waals surface area (Å²) in [6, 6.07) is 9.74. The molecule has 3 rings (SSSR count). The molecule has 0 amide bonds. The lowest BCUT2D eigenvalue weighted by Gasteiger charge is -2.31. The van der Waals surface area contributed by atoms with Crippen LogP contribution in [-0.2, 0) is 17.6 Å². The van der Waals surface area contributed by atoms with Gasteiger partial charge in [-0.05, 0) is 56.6 Å². The fourth-order valence-corrected chi connectivity index (χ4v) is 5.06. The molecular weight excluding hydrogens is 430 g/mol. The fraction of sp³-hybridized carbons (Fsp3) is 0.455. The summed E-state index contributed by atoms with van der Waals surface area (Å²) in [7, 11) is 3.99. The molecule has 1 aromatic heterocycles. The number of likely N-dealkylation sites (N-methyl/N-ethyl adjacent to an activating group) is 1. The van der Waals surface area contributed by atoms with Crippen LogP contribution in [0.1, 0.15) is 42.1 Å². The molecule has 31 heavy (non-hydrogen) atoms. The van der Waals surface area contributed by atoms with E-state index in [1.54, 1.807) is 17.4 Å². The number of anilines is 1. The van der Waals surface area contributed by atoms with Gasteiger partial charge in [0.15, 0.2) is 11.7 Å². The zero-order valence-electron chi connectivity index (χ0n) is 18.9. The van der Waals surface area contributed by atoms with Crippen LogP contribution in [0, 0.1) is 12.3 Å². The molecule has 3 N–H and O–H groups in total. The largest absolute Gasteiger partial charge is 0.505 e. The molecule has 0 fully saturated rings. The van der Waals surface area contributed by atoms with Crippen molar-refractivity contribution in [3.05, 3.63) is 45.6 Å². The second kappa shape index (κ2) is 9.50. The molecule has 168 valence electrons. The van der Waals surface area contributed by atoms with Gasteiger partial charge in [-0.15, -0.1) is 20.1 Å². The SMILES string of the molecule is Cc1ccc([C@H](NC2=NS(=O)N=C2Nc2cccc(CCN(C)C)c2O)C(C)(C)C)s1. The minimum absolute atomic E-state index is 0.0351. The van der Waals surface area contributed by atoms with Crippen LogP contribution in [0.5, 0.6) is 5.75 Å². The van der Waals surface area contributed by atoms with E-state index < -0.39 is 11.2 Å². The molecule has 1 aliphatic rings. The number of hydrogen-bond acceptors (Lipinski definition) is 6. The van der Waals surface area contributed by atoms with Gasteiger partial charge in [-0.1, -0.05) is 32.9 Å². The summed E-state index contributed by atoms with van der Waals surface area (Å²) in [6.45, 7) is 9.35. The Morgan fingerprint density at radius 2 is 1.87 bits per heavy atom. The summed E-state index contributed by atoms with van der Waals surface area (Å²) >= 11 is 0.0201.